The Labute approximate surface area is 121 Å². The lowest BCUT2D eigenvalue weighted by atomic mass is 10.2. The number of thiazole rings is 1. The molecule has 0 unspecified atom stereocenters. The monoisotopic (exact) mass is 317 g/mol. The summed E-state index contributed by atoms with van der Waals surface area (Å²) in [6.45, 7) is 1.83. The smallest absolute Gasteiger partial charge is 0.504 e. The maximum absolute atomic E-state index is 12.1. The first-order chi connectivity index (χ1) is 9.83. The maximum atomic E-state index is 12.1. The summed E-state index contributed by atoms with van der Waals surface area (Å²) in [5.41, 5.74) is 3.81. The second-order valence-electron chi connectivity index (χ2n) is 3.94. The molecule has 0 bridgehead atoms. The molecule has 21 heavy (non-hydrogen) atoms. The molecule has 112 valence electrons. The first kappa shape index (κ1) is 15.1. The summed E-state index contributed by atoms with van der Waals surface area (Å²) in [6, 6.07) is 3.52. The van der Waals surface area contributed by atoms with Crippen LogP contribution in [0.25, 0.3) is 0 Å². The van der Waals surface area contributed by atoms with Crippen molar-refractivity contribution in [3.63, 3.8) is 0 Å². The zero-order chi connectivity index (χ0) is 15.5. The van der Waals surface area contributed by atoms with Gasteiger partial charge in [0.25, 0.3) is 0 Å². The highest BCUT2D eigenvalue weighted by Crippen LogP contribution is 2.31. The van der Waals surface area contributed by atoms with Crippen molar-refractivity contribution >= 4 is 22.7 Å². The number of hydrogen-bond acceptors (Lipinski definition) is 6. The highest BCUT2D eigenvalue weighted by Gasteiger charge is 2.32. The Morgan fingerprint density at radius 2 is 2.19 bits per heavy atom. The van der Waals surface area contributed by atoms with Gasteiger partial charge in [-0.15, -0.1) is 24.5 Å². The molecular weight excluding hydrogens is 307 g/mol. The number of anilines is 1. The molecule has 0 radical (unpaired) electrons. The van der Waals surface area contributed by atoms with Crippen LogP contribution in [-0.2, 0) is 0 Å². The van der Waals surface area contributed by atoms with Gasteiger partial charge in [-0.25, -0.2) is 4.98 Å². The van der Waals surface area contributed by atoms with Crippen LogP contribution in [0.1, 0.15) is 11.3 Å². The van der Waals surface area contributed by atoms with Gasteiger partial charge >= 0.3 is 6.36 Å². The van der Waals surface area contributed by atoms with Gasteiger partial charge in [0.1, 0.15) is 0 Å². The first-order valence-corrected chi connectivity index (χ1v) is 6.51. The number of halogens is 3. The van der Waals surface area contributed by atoms with E-state index >= 15 is 0 Å². The molecule has 1 aromatic carbocycles. The lowest BCUT2D eigenvalue weighted by Gasteiger charge is -2.10. The van der Waals surface area contributed by atoms with Crippen LogP contribution in [0.5, 0.6) is 11.5 Å². The summed E-state index contributed by atoms with van der Waals surface area (Å²) in [5, 5.41) is 15.5. The third kappa shape index (κ3) is 4.63. The van der Waals surface area contributed by atoms with Crippen LogP contribution >= 0.6 is 11.3 Å². The Morgan fingerprint density at radius 3 is 2.81 bits per heavy atom. The van der Waals surface area contributed by atoms with Gasteiger partial charge in [0.2, 0.25) is 5.13 Å². The standard InChI is InChI=1S/C12H10F3N3O2S/c1-7-6-21-11(17-7)18-16-5-8-2-3-9(19)10(4-8)20-12(13,14)15/h2-6,19H,1H3,(H,17,18). The second-order valence-corrected chi connectivity index (χ2v) is 4.80. The number of nitrogens with zero attached hydrogens (tertiary/aromatic N) is 2. The van der Waals surface area contributed by atoms with E-state index in [2.05, 4.69) is 20.2 Å². The summed E-state index contributed by atoms with van der Waals surface area (Å²) in [6.07, 6.45) is -3.58. The maximum Gasteiger partial charge on any atom is 0.573 e. The van der Waals surface area contributed by atoms with Crippen molar-refractivity contribution in [1.29, 1.82) is 0 Å². The van der Waals surface area contributed by atoms with Crippen LogP contribution in [0.3, 0.4) is 0 Å². The van der Waals surface area contributed by atoms with E-state index in [-0.39, 0.29) is 0 Å². The number of hydrazone groups is 1. The number of benzene rings is 1. The zero-order valence-corrected chi connectivity index (χ0v) is 11.5. The molecule has 0 aliphatic heterocycles. The summed E-state index contributed by atoms with van der Waals surface area (Å²) >= 11 is 1.35. The van der Waals surface area contributed by atoms with Crippen molar-refractivity contribution in [2.45, 2.75) is 13.3 Å². The van der Waals surface area contributed by atoms with Crippen molar-refractivity contribution in [2.75, 3.05) is 5.43 Å². The number of phenols is 1. The van der Waals surface area contributed by atoms with E-state index in [9.17, 15) is 18.3 Å². The minimum atomic E-state index is -4.87. The normalized spacial score (nSPS) is 11.8. The lowest BCUT2D eigenvalue weighted by Crippen LogP contribution is -2.17. The lowest BCUT2D eigenvalue weighted by molar-refractivity contribution is -0.275. The Morgan fingerprint density at radius 1 is 1.43 bits per heavy atom. The number of nitrogens with one attached hydrogen (secondary N) is 1. The molecule has 0 saturated heterocycles. The molecule has 2 aromatic rings. The number of aromatic nitrogens is 1. The highest BCUT2D eigenvalue weighted by atomic mass is 32.1. The highest BCUT2D eigenvalue weighted by molar-refractivity contribution is 7.13. The number of hydrogen-bond donors (Lipinski definition) is 2. The fourth-order valence-electron chi connectivity index (χ4n) is 1.38. The van der Waals surface area contributed by atoms with Gasteiger partial charge in [-0.1, -0.05) is 0 Å². The number of rotatable bonds is 4. The van der Waals surface area contributed by atoms with Gasteiger partial charge in [-0.3, -0.25) is 5.43 Å². The first-order valence-electron chi connectivity index (χ1n) is 5.63. The van der Waals surface area contributed by atoms with Crippen LogP contribution in [-0.4, -0.2) is 22.7 Å². The second kappa shape index (κ2) is 6.00. The predicted octanol–water partition coefficient (Wildman–Crippen LogP) is 3.50. The summed E-state index contributed by atoms with van der Waals surface area (Å²) < 4.78 is 40.1. The number of aromatic hydroxyl groups is 1. The zero-order valence-electron chi connectivity index (χ0n) is 10.7. The minimum Gasteiger partial charge on any atom is -0.504 e. The minimum absolute atomic E-state index is 0.327. The Bertz CT molecular complexity index is 655. The van der Waals surface area contributed by atoms with Crippen LogP contribution in [0, 0.1) is 6.92 Å². The molecule has 1 heterocycles. The van der Waals surface area contributed by atoms with Gasteiger partial charge in [0.05, 0.1) is 11.9 Å². The predicted molar refractivity (Wildman–Crippen MR) is 72.9 cm³/mol. The molecular formula is C12H10F3N3O2S. The topological polar surface area (TPSA) is 66.7 Å². The van der Waals surface area contributed by atoms with E-state index in [1.807, 2.05) is 12.3 Å². The van der Waals surface area contributed by atoms with Crippen LogP contribution in [0.2, 0.25) is 0 Å². The third-order valence-electron chi connectivity index (χ3n) is 2.20. The molecule has 1 aromatic heterocycles. The van der Waals surface area contributed by atoms with Crippen molar-refractivity contribution in [2.24, 2.45) is 5.10 Å². The van der Waals surface area contributed by atoms with E-state index in [1.54, 1.807) is 0 Å². The number of phenolic OH excluding ortho intramolecular Hbond substituents is 1. The average Bonchev–Trinajstić information content (AvgIpc) is 2.77. The van der Waals surface area contributed by atoms with E-state index in [0.29, 0.717) is 10.7 Å². The Kier molecular flexibility index (Phi) is 4.32. The number of alkyl halides is 3. The molecule has 0 amide bonds. The van der Waals surface area contributed by atoms with Crippen molar-refractivity contribution in [3.8, 4) is 11.5 Å². The molecule has 9 heteroatoms. The molecule has 2 rings (SSSR count). The van der Waals surface area contributed by atoms with Gasteiger partial charge in [0, 0.05) is 5.38 Å². The molecule has 0 spiro atoms. The number of aryl methyl sites for hydroxylation is 1. The summed E-state index contributed by atoms with van der Waals surface area (Å²) in [4.78, 5) is 4.10. The molecule has 0 fully saturated rings. The van der Waals surface area contributed by atoms with Gasteiger partial charge < -0.3 is 9.84 Å². The van der Waals surface area contributed by atoms with Gasteiger partial charge in [-0.2, -0.15) is 5.10 Å². The Hall–Kier alpha value is -2.29. The quantitative estimate of drug-likeness (QED) is 0.669. The van der Waals surface area contributed by atoms with E-state index in [4.69, 9.17) is 0 Å². The fraction of sp³-hybridized carbons (Fsp3) is 0.167. The Balaban J connectivity index is 2.08. The molecule has 0 aliphatic rings. The van der Waals surface area contributed by atoms with Crippen LogP contribution in [0.15, 0.2) is 28.7 Å². The summed E-state index contributed by atoms with van der Waals surface area (Å²) in [7, 11) is 0. The fourth-order valence-corrected chi connectivity index (χ4v) is 2.02. The van der Waals surface area contributed by atoms with E-state index in [0.717, 1.165) is 17.8 Å². The third-order valence-corrected chi connectivity index (χ3v) is 3.07. The molecule has 5 nitrogen and oxygen atoms in total. The SMILES string of the molecule is Cc1csc(NN=Cc2ccc(O)c(OC(F)(F)F)c2)n1. The van der Waals surface area contributed by atoms with E-state index < -0.39 is 17.9 Å². The molecule has 0 aliphatic carbocycles. The van der Waals surface area contributed by atoms with Gasteiger partial charge in [0.15, 0.2) is 11.5 Å². The number of ether oxygens (including phenoxy) is 1. The van der Waals surface area contributed by atoms with Crippen molar-refractivity contribution in [3.05, 3.63) is 34.8 Å². The van der Waals surface area contributed by atoms with Crippen molar-refractivity contribution in [1.82, 2.24) is 4.98 Å². The van der Waals surface area contributed by atoms with E-state index in [1.165, 1.54) is 23.6 Å². The van der Waals surface area contributed by atoms with Gasteiger partial charge in [-0.05, 0) is 30.7 Å². The van der Waals surface area contributed by atoms with Crippen LogP contribution < -0.4 is 10.2 Å². The largest absolute Gasteiger partial charge is 0.573 e. The summed E-state index contributed by atoms with van der Waals surface area (Å²) in [5.74, 6) is -1.29. The molecule has 0 saturated carbocycles. The molecule has 0 atom stereocenters. The average molecular weight is 317 g/mol. The van der Waals surface area contributed by atoms with Crippen LogP contribution in [0.4, 0.5) is 18.3 Å². The molecule has 2 N–H and O–H groups in total. The van der Waals surface area contributed by atoms with Crippen molar-refractivity contribution < 1.29 is 23.0 Å².